The number of thioether (sulfide) groups is 1. The molecule has 1 aliphatic carbocycles. The lowest BCUT2D eigenvalue weighted by Gasteiger charge is -2.33. The fourth-order valence-electron chi connectivity index (χ4n) is 3.07. The SMILES string of the molecule is O=C1NC(c2ncccn2)NC2SC3=C(CCC3)C12. The highest BCUT2D eigenvalue weighted by Gasteiger charge is 2.46. The zero-order valence-electron chi connectivity index (χ0n) is 10.3. The van der Waals surface area contributed by atoms with Crippen molar-refractivity contribution < 1.29 is 4.79 Å². The molecule has 0 aromatic carbocycles. The average Bonchev–Trinajstić information content (AvgIpc) is 2.99. The van der Waals surface area contributed by atoms with Crippen molar-refractivity contribution >= 4 is 17.7 Å². The van der Waals surface area contributed by atoms with Crippen LogP contribution in [0.1, 0.15) is 31.3 Å². The Morgan fingerprint density at radius 1 is 1.26 bits per heavy atom. The van der Waals surface area contributed by atoms with E-state index in [9.17, 15) is 4.79 Å². The molecule has 5 nitrogen and oxygen atoms in total. The van der Waals surface area contributed by atoms with Gasteiger partial charge in [-0.2, -0.15) is 0 Å². The summed E-state index contributed by atoms with van der Waals surface area (Å²) >= 11 is 1.82. The Kier molecular flexibility index (Phi) is 2.60. The fourth-order valence-corrected chi connectivity index (χ4v) is 4.65. The van der Waals surface area contributed by atoms with Crippen LogP contribution in [0.5, 0.6) is 0 Å². The maximum Gasteiger partial charge on any atom is 0.231 e. The number of nitrogens with one attached hydrogen (secondary N) is 2. The first-order valence-corrected chi connectivity index (χ1v) is 7.43. The van der Waals surface area contributed by atoms with Gasteiger partial charge in [-0.25, -0.2) is 9.97 Å². The van der Waals surface area contributed by atoms with Gasteiger partial charge < -0.3 is 5.32 Å². The first kappa shape index (κ1) is 11.4. The monoisotopic (exact) mass is 274 g/mol. The molecule has 19 heavy (non-hydrogen) atoms. The predicted molar refractivity (Wildman–Crippen MR) is 71.8 cm³/mol. The minimum atomic E-state index is -0.275. The molecule has 3 heterocycles. The highest BCUT2D eigenvalue weighted by atomic mass is 32.2. The van der Waals surface area contributed by atoms with Crippen LogP contribution in [0.15, 0.2) is 28.9 Å². The van der Waals surface area contributed by atoms with E-state index in [1.165, 1.54) is 16.9 Å². The number of amides is 1. The molecular weight excluding hydrogens is 260 g/mol. The number of rotatable bonds is 1. The Bertz CT molecular complexity index is 559. The molecule has 0 spiro atoms. The summed E-state index contributed by atoms with van der Waals surface area (Å²) in [4.78, 5) is 22.2. The van der Waals surface area contributed by atoms with Gasteiger partial charge in [-0.05, 0) is 35.8 Å². The summed E-state index contributed by atoms with van der Waals surface area (Å²) in [5, 5.41) is 6.60. The maximum atomic E-state index is 12.3. The highest BCUT2D eigenvalue weighted by molar-refractivity contribution is 8.04. The summed E-state index contributed by atoms with van der Waals surface area (Å²) < 4.78 is 0. The zero-order valence-corrected chi connectivity index (χ0v) is 11.1. The average molecular weight is 274 g/mol. The van der Waals surface area contributed by atoms with Crippen LogP contribution in [-0.4, -0.2) is 21.2 Å². The quantitative estimate of drug-likeness (QED) is 0.808. The summed E-state index contributed by atoms with van der Waals surface area (Å²) in [6.45, 7) is 0. The second kappa shape index (κ2) is 4.31. The summed E-state index contributed by atoms with van der Waals surface area (Å²) in [6, 6.07) is 1.78. The first-order valence-electron chi connectivity index (χ1n) is 6.55. The van der Waals surface area contributed by atoms with Gasteiger partial charge in [-0.1, -0.05) is 0 Å². The molecule has 0 radical (unpaired) electrons. The molecule has 1 fully saturated rings. The normalized spacial score (nSPS) is 33.1. The van der Waals surface area contributed by atoms with Crippen LogP contribution in [0.3, 0.4) is 0 Å². The van der Waals surface area contributed by atoms with E-state index in [-0.39, 0.29) is 23.4 Å². The number of nitrogens with zero attached hydrogens (tertiary/aromatic N) is 2. The van der Waals surface area contributed by atoms with Crippen LogP contribution in [-0.2, 0) is 4.79 Å². The van der Waals surface area contributed by atoms with Crippen LogP contribution in [0.2, 0.25) is 0 Å². The number of fused-ring (bicyclic) bond motifs is 2. The zero-order chi connectivity index (χ0) is 12.8. The first-order chi connectivity index (χ1) is 9.33. The predicted octanol–water partition coefficient (Wildman–Crippen LogP) is 1.32. The summed E-state index contributed by atoms with van der Waals surface area (Å²) in [6.07, 6.45) is 6.52. The lowest BCUT2D eigenvalue weighted by molar-refractivity contribution is -0.127. The van der Waals surface area contributed by atoms with E-state index >= 15 is 0 Å². The molecule has 3 aliphatic rings. The van der Waals surface area contributed by atoms with Gasteiger partial charge in [-0.3, -0.25) is 10.1 Å². The van der Waals surface area contributed by atoms with Gasteiger partial charge in [0.15, 0.2) is 5.82 Å². The maximum absolute atomic E-state index is 12.3. The van der Waals surface area contributed by atoms with Crippen molar-refractivity contribution in [3.8, 4) is 0 Å². The number of hydrogen-bond donors (Lipinski definition) is 2. The van der Waals surface area contributed by atoms with E-state index < -0.39 is 0 Å². The van der Waals surface area contributed by atoms with E-state index in [1.807, 2.05) is 11.8 Å². The molecule has 0 saturated carbocycles. The Morgan fingerprint density at radius 2 is 2.11 bits per heavy atom. The van der Waals surface area contributed by atoms with Crippen LogP contribution in [0.4, 0.5) is 0 Å². The second-order valence-corrected chi connectivity index (χ2v) is 6.27. The molecule has 3 unspecified atom stereocenters. The second-order valence-electron chi connectivity index (χ2n) is 5.03. The minimum absolute atomic E-state index is 0.00228. The largest absolute Gasteiger partial charge is 0.333 e. The minimum Gasteiger partial charge on any atom is -0.333 e. The van der Waals surface area contributed by atoms with Crippen LogP contribution in [0.25, 0.3) is 0 Å². The molecule has 1 aromatic rings. The van der Waals surface area contributed by atoms with Crippen molar-refractivity contribution in [1.82, 2.24) is 20.6 Å². The van der Waals surface area contributed by atoms with Gasteiger partial charge in [0.25, 0.3) is 0 Å². The summed E-state index contributed by atoms with van der Waals surface area (Å²) in [7, 11) is 0. The molecular formula is C13H14N4OS. The third-order valence-electron chi connectivity index (χ3n) is 3.90. The molecule has 6 heteroatoms. The Balaban J connectivity index is 1.60. The smallest absolute Gasteiger partial charge is 0.231 e. The molecule has 1 amide bonds. The van der Waals surface area contributed by atoms with Gasteiger partial charge in [0.2, 0.25) is 5.91 Å². The number of hydrogen-bond acceptors (Lipinski definition) is 5. The van der Waals surface area contributed by atoms with Gasteiger partial charge in [0.05, 0.1) is 11.3 Å². The molecule has 98 valence electrons. The van der Waals surface area contributed by atoms with E-state index in [2.05, 4.69) is 20.6 Å². The molecule has 2 N–H and O–H groups in total. The Hall–Kier alpha value is -1.40. The number of aromatic nitrogens is 2. The number of carbonyl (C=O) groups excluding carboxylic acids is 1. The lowest BCUT2D eigenvalue weighted by Crippen LogP contribution is -2.55. The van der Waals surface area contributed by atoms with Crippen molar-refractivity contribution in [2.45, 2.75) is 30.8 Å². The molecule has 3 atom stereocenters. The van der Waals surface area contributed by atoms with Gasteiger partial charge in [-0.15, -0.1) is 11.8 Å². The third kappa shape index (κ3) is 1.78. The van der Waals surface area contributed by atoms with Crippen molar-refractivity contribution in [1.29, 1.82) is 0 Å². The lowest BCUT2D eigenvalue weighted by atomic mass is 9.95. The molecule has 4 rings (SSSR count). The number of allylic oxidation sites excluding steroid dienone is 1. The van der Waals surface area contributed by atoms with Crippen LogP contribution in [0, 0.1) is 5.92 Å². The van der Waals surface area contributed by atoms with Crippen molar-refractivity contribution in [2.75, 3.05) is 0 Å². The molecule has 0 bridgehead atoms. The summed E-state index contributed by atoms with van der Waals surface area (Å²) in [5.74, 6) is 0.741. The van der Waals surface area contributed by atoms with Gasteiger partial charge >= 0.3 is 0 Å². The van der Waals surface area contributed by atoms with E-state index in [0.717, 1.165) is 12.8 Å². The van der Waals surface area contributed by atoms with Gasteiger partial charge in [0, 0.05) is 12.4 Å². The topological polar surface area (TPSA) is 66.9 Å². The molecule has 2 aliphatic heterocycles. The van der Waals surface area contributed by atoms with E-state index in [0.29, 0.717) is 5.82 Å². The van der Waals surface area contributed by atoms with Gasteiger partial charge in [0.1, 0.15) is 6.17 Å². The molecule has 1 saturated heterocycles. The van der Waals surface area contributed by atoms with Crippen molar-refractivity contribution in [2.24, 2.45) is 5.92 Å². The Morgan fingerprint density at radius 3 is 2.95 bits per heavy atom. The van der Waals surface area contributed by atoms with E-state index in [4.69, 9.17) is 0 Å². The van der Waals surface area contributed by atoms with E-state index in [1.54, 1.807) is 18.5 Å². The fraction of sp³-hybridized carbons (Fsp3) is 0.462. The Labute approximate surface area is 115 Å². The van der Waals surface area contributed by atoms with Crippen LogP contribution >= 0.6 is 11.8 Å². The highest BCUT2D eigenvalue weighted by Crippen LogP contribution is 2.50. The summed E-state index contributed by atoms with van der Waals surface area (Å²) in [5.41, 5.74) is 1.35. The van der Waals surface area contributed by atoms with Crippen molar-refractivity contribution in [3.63, 3.8) is 0 Å². The number of carbonyl (C=O) groups is 1. The van der Waals surface area contributed by atoms with Crippen molar-refractivity contribution in [3.05, 3.63) is 34.8 Å². The molecule has 1 aromatic heterocycles. The standard InChI is InChI=1S/C13H14N4OS/c18-12-9-7-3-1-4-8(7)19-13(9)17-11(16-12)10-14-5-2-6-15-10/h2,5-6,9,11,13,17H,1,3-4H2,(H,16,18). The third-order valence-corrected chi connectivity index (χ3v) is 5.31. The van der Waals surface area contributed by atoms with Crippen LogP contribution < -0.4 is 10.6 Å².